The Kier molecular flexibility index (Phi) is 3.52. The molecule has 0 atom stereocenters. The van der Waals surface area contributed by atoms with Gasteiger partial charge in [-0.15, -0.1) is 0 Å². The van der Waals surface area contributed by atoms with E-state index in [4.69, 9.17) is 9.84 Å². The number of ether oxygens (including phenoxy) is 1. The maximum atomic E-state index is 10.9. The summed E-state index contributed by atoms with van der Waals surface area (Å²) in [6.07, 6.45) is 0. The predicted molar refractivity (Wildman–Crippen MR) is 57.0 cm³/mol. The van der Waals surface area contributed by atoms with Crippen LogP contribution in [0.2, 0.25) is 0 Å². The van der Waals surface area contributed by atoms with Crippen molar-refractivity contribution in [3.05, 3.63) is 27.7 Å². The standard InChI is InChI=1S/C10H11BrO3/c1-3-14-9-7(10(12)13)4-6(2)5-8(9)11/h4-5H,3H2,1-2H3,(H,12,13). The van der Waals surface area contributed by atoms with Crippen molar-refractivity contribution in [1.29, 1.82) is 0 Å². The maximum Gasteiger partial charge on any atom is 0.339 e. The molecule has 0 heterocycles. The highest BCUT2D eigenvalue weighted by Gasteiger charge is 2.14. The van der Waals surface area contributed by atoms with E-state index in [9.17, 15) is 4.79 Å². The lowest BCUT2D eigenvalue weighted by atomic mass is 10.1. The lowest BCUT2D eigenvalue weighted by Gasteiger charge is -2.10. The first-order valence-corrected chi connectivity index (χ1v) is 5.01. The molecule has 0 unspecified atom stereocenters. The first-order valence-electron chi connectivity index (χ1n) is 4.22. The van der Waals surface area contributed by atoms with Crippen LogP contribution in [0.5, 0.6) is 5.75 Å². The van der Waals surface area contributed by atoms with Gasteiger partial charge in [-0.2, -0.15) is 0 Å². The van der Waals surface area contributed by atoms with Crippen molar-refractivity contribution in [3.63, 3.8) is 0 Å². The predicted octanol–water partition coefficient (Wildman–Crippen LogP) is 2.85. The molecule has 4 heteroatoms. The van der Waals surface area contributed by atoms with Crippen molar-refractivity contribution in [2.75, 3.05) is 6.61 Å². The van der Waals surface area contributed by atoms with E-state index >= 15 is 0 Å². The topological polar surface area (TPSA) is 46.5 Å². The second kappa shape index (κ2) is 4.46. The van der Waals surface area contributed by atoms with E-state index in [-0.39, 0.29) is 5.56 Å². The zero-order valence-electron chi connectivity index (χ0n) is 8.00. The number of rotatable bonds is 3. The number of hydrogen-bond acceptors (Lipinski definition) is 2. The van der Waals surface area contributed by atoms with Gasteiger partial charge in [-0.3, -0.25) is 0 Å². The summed E-state index contributed by atoms with van der Waals surface area (Å²) < 4.78 is 5.93. The molecule has 0 saturated heterocycles. The molecular formula is C10H11BrO3. The van der Waals surface area contributed by atoms with E-state index in [1.54, 1.807) is 6.07 Å². The zero-order chi connectivity index (χ0) is 10.7. The molecule has 1 aromatic rings. The summed E-state index contributed by atoms with van der Waals surface area (Å²) in [5, 5.41) is 8.94. The second-order valence-electron chi connectivity index (χ2n) is 2.86. The first kappa shape index (κ1) is 11.0. The fraction of sp³-hybridized carbons (Fsp3) is 0.300. The summed E-state index contributed by atoms with van der Waals surface area (Å²) in [5.41, 5.74) is 1.08. The molecule has 3 nitrogen and oxygen atoms in total. The molecule has 0 saturated carbocycles. The Morgan fingerprint density at radius 3 is 2.71 bits per heavy atom. The van der Waals surface area contributed by atoms with Gasteiger partial charge in [0.05, 0.1) is 11.1 Å². The van der Waals surface area contributed by atoms with Gasteiger partial charge in [0.15, 0.2) is 0 Å². The van der Waals surface area contributed by atoms with Gasteiger partial charge in [0, 0.05) is 0 Å². The molecule has 1 rings (SSSR count). The van der Waals surface area contributed by atoms with E-state index < -0.39 is 5.97 Å². The lowest BCUT2D eigenvalue weighted by molar-refractivity contribution is 0.0692. The summed E-state index contributed by atoms with van der Waals surface area (Å²) in [6.45, 7) is 4.10. The number of hydrogen-bond donors (Lipinski definition) is 1. The van der Waals surface area contributed by atoms with Crippen LogP contribution in [0.4, 0.5) is 0 Å². The highest BCUT2D eigenvalue weighted by molar-refractivity contribution is 9.10. The van der Waals surface area contributed by atoms with E-state index in [0.717, 1.165) is 5.56 Å². The maximum absolute atomic E-state index is 10.9. The molecule has 0 amide bonds. The molecule has 0 bridgehead atoms. The second-order valence-corrected chi connectivity index (χ2v) is 3.72. The third-order valence-corrected chi connectivity index (χ3v) is 2.30. The largest absolute Gasteiger partial charge is 0.492 e. The van der Waals surface area contributed by atoms with Crippen LogP contribution in [0.3, 0.4) is 0 Å². The molecule has 0 aliphatic heterocycles. The lowest BCUT2D eigenvalue weighted by Crippen LogP contribution is -2.04. The number of carbonyl (C=O) groups is 1. The van der Waals surface area contributed by atoms with Gasteiger partial charge in [-0.05, 0) is 47.5 Å². The van der Waals surface area contributed by atoms with Crippen LogP contribution in [0.15, 0.2) is 16.6 Å². The van der Waals surface area contributed by atoms with Gasteiger partial charge in [0.2, 0.25) is 0 Å². The molecule has 0 aromatic heterocycles. The minimum atomic E-state index is -0.974. The molecule has 0 spiro atoms. The molecule has 0 fully saturated rings. The Morgan fingerprint density at radius 2 is 2.21 bits per heavy atom. The van der Waals surface area contributed by atoms with Crippen LogP contribution < -0.4 is 4.74 Å². The van der Waals surface area contributed by atoms with Crippen LogP contribution in [-0.2, 0) is 0 Å². The van der Waals surface area contributed by atoms with Gasteiger partial charge in [-0.1, -0.05) is 0 Å². The summed E-state index contributed by atoms with van der Waals surface area (Å²) in [6, 6.07) is 3.43. The number of carboxylic acid groups (broad SMARTS) is 1. The molecule has 1 aromatic carbocycles. The number of aromatic carboxylic acids is 1. The normalized spacial score (nSPS) is 9.93. The fourth-order valence-corrected chi connectivity index (χ4v) is 1.87. The third kappa shape index (κ3) is 2.26. The molecule has 1 N–H and O–H groups in total. The quantitative estimate of drug-likeness (QED) is 0.907. The Labute approximate surface area is 90.8 Å². The Balaban J connectivity index is 3.28. The van der Waals surface area contributed by atoms with E-state index in [1.165, 1.54) is 0 Å². The van der Waals surface area contributed by atoms with Gasteiger partial charge < -0.3 is 9.84 Å². The molecular weight excluding hydrogens is 248 g/mol. The van der Waals surface area contributed by atoms with Crippen LogP contribution in [-0.4, -0.2) is 17.7 Å². The average Bonchev–Trinajstić information content (AvgIpc) is 2.09. The van der Waals surface area contributed by atoms with E-state index in [1.807, 2.05) is 19.9 Å². The summed E-state index contributed by atoms with van der Waals surface area (Å²) >= 11 is 3.28. The Morgan fingerprint density at radius 1 is 1.57 bits per heavy atom. The summed E-state index contributed by atoms with van der Waals surface area (Å²) in [5.74, 6) is -0.580. The van der Waals surface area contributed by atoms with Crippen molar-refractivity contribution in [2.45, 2.75) is 13.8 Å². The first-order chi connectivity index (χ1) is 6.56. The van der Waals surface area contributed by atoms with Crippen molar-refractivity contribution in [2.24, 2.45) is 0 Å². The smallest absolute Gasteiger partial charge is 0.339 e. The van der Waals surface area contributed by atoms with E-state index in [0.29, 0.717) is 16.8 Å². The summed E-state index contributed by atoms with van der Waals surface area (Å²) in [7, 11) is 0. The van der Waals surface area contributed by atoms with Gasteiger partial charge in [0.25, 0.3) is 0 Å². The number of benzene rings is 1. The van der Waals surface area contributed by atoms with Crippen LogP contribution in [0, 0.1) is 6.92 Å². The molecule has 0 aliphatic rings. The summed E-state index contributed by atoms with van der Waals surface area (Å²) in [4.78, 5) is 10.9. The van der Waals surface area contributed by atoms with Crippen LogP contribution in [0.25, 0.3) is 0 Å². The number of halogens is 1. The van der Waals surface area contributed by atoms with Crippen molar-refractivity contribution >= 4 is 21.9 Å². The minimum absolute atomic E-state index is 0.193. The zero-order valence-corrected chi connectivity index (χ0v) is 9.59. The van der Waals surface area contributed by atoms with Gasteiger partial charge in [0.1, 0.15) is 11.3 Å². The number of aryl methyl sites for hydroxylation is 1. The highest BCUT2D eigenvalue weighted by Crippen LogP contribution is 2.30. The Bertz CT molecular complexity index is 361. The van der Waals surface area contributed by atoms with E-state index in [2.05, 4.69) is 15.9 Å². The molecule has 76 valence electrons. The molecule has 0 radical (unpaired) electrons. The minimum Gasteiger partial charge on any atom is -0.492 e. The Hall–Kier alpha value is -1.03. The molecule has 0 aliphatic carbocycles. The van der Waals surface area contributed by atoms with Crippen molar-refractivity contribution in [3.8, 4) is 5.75 Å². The monoisotopic (exact) mass is 258 g/mol. The SMILES string of the molecule is CCOc1c(Br)cc(C)cc1C(=O)O. The van der Waals surface area contributed by atoms with Gasteiger partial charge in [-0.25, -0.2) is 4.79 Å². The molecule has 14 heavy (non-hydrogen) atoms. The van der Waals surface area contributed by atoms with Crippen molar-refractivity contribution < 1.29 is 14.6 Å². The third-order valence-electron chi connectivity index (χ3n) is 1.71. The van der Waals surface area contributed by atoms with Crippen molar-refractivity contribution in [1.82, 2.24) is 0 Å². The fourth-order valence-electron chi connectivity index (χ4n) is 1.18. The van der Waals surface area contributed by atoms with Crippen LogP contribution in [0.1, 0.15) is 22.8 Å². The average molecular weight is 259 g/mol. The highest BCUT2D eigenvalue weighted by atomic mass is 79.9. The number of carboxylic acids is 1. The van der Waals surface area contributed by atoms with Crippen LogP contribution >= 0.6 is 15.9 Å². The van der Waals surface area contributed by atoms with Gasteiger partial charge >= 0.3 is 5.97 Å².